The third-order valence-electron chi connectivity index (χ3n) is 3.78. The maximum Gasteiger partial charge on any atom is 0.227 e. The summed E-state index contributed by atoms with van der Waals surface area (Å²) in [6, 6.07) is 7.97. The van der Waals surface area contributed by atoms with Gasteiger partial charge in [0.05, 0.1) is 12.1 Å². The van der Waals surface area contributed by atoms with Gasteiger partial charge in [-0.3, -0.25) is 0 Å². The quantitative estimate of drug-likeness (QED) is 0.866. The standard InChI is InChI=1S/C15H21N5O/c1-19-7-9-20(10-8-19)15-17-13-5-3-2-4-12(13)14(18-15)16-6-11-21/h2-5,21H,6-11H2,1H3,(H,16,17,18). The monoisotopic (exact) mass is 287 g/mol. The Morgan fingerprint density at radius 3 is 2.67 bits per heavy atom. The van der Waals surface area contributed by atoms with Crippen LogP contribution in [0.4, 0.5) is 11.8 Å². The summed E-state index contributed by atoms with van der Waals surface area (Å²) in [6.45, 7) is 4.50. The minimum absolute atomic E-state index is 0.0855. The Balaban J connectivity index is 1.95. The van der Waals surface area contributed by atoms with Crippen LogP contribution >= 0.6 is 0 Å². The van der Waals surface area contributed by atoms with Crippen molar-refractivity contribution in [3.63, 3.8) is 0 Å². The van der Waals surface area contributed by atoms with Crippen LogP contribution in [0.5, 0.6) is 0 Å². The van der Waals surface area contributed by atoms with Crippen LogP contribution in [-0.2, 0) is 0 Å². The summed E-state index contributed by atoms with van der Waals surface area (Å²) in [5.74, 6) is 1.56. The van der Waals surface area contributed by atoms with E-state index in [-0.39, 0.29) is 6.61 Å². The number of fused-ring (bicyclic) bond motifs is 1. The Hall–Kier alpha value is -1.92. The molecule has 2 N–H and O–H groups in total. The Morgan fingerprint density at radius 2 is 1.90 bits per heavy atom. The zero-order valence-electron chi connectivity index (χ0n) is 12.3. The van der Waals surface area contributed by atoms with Gasteiger partial charge in [-0.25, -0.2) is 4.98 Å². The van der Waals surface area contributed by atoms with Crippen molar-refractivity contribution in [3.05, 3.63) is 24.3 Å². The van der Waals surface area contributed by atoms with Crippen molar-refractivity contribution in [1.82, 2.24) is 14.9 Å². The number of aliphatic hydroxyl groups excluding tert-OH is 1. The van der Waals surface area contributed by atoms with Crippen LogP contribution in [0.2, 0.25) is 0 Å². The molecule has 1 aromatic carbocycles. The average molecular weight is 287 g/mol. The van der Waals surface area contributed by atoms with E-state index in [1.54, 1.807) is 0 Å². The zero-order chi connectivity index (χ0) is 14.7. The van der Waals surface area contributed by atoms with Crippen LogP contribution in [0.15, 0.2) is 24.3 Å². The number of piperazine rings is 1. The number of rotatable bonds is 4. The Labute approximate surface area is 124 Å². The molecule has 0 bridgehead atoms. The first kappa shape index (κ1) is 14.0. The van der Waals surface area contributed by atoms with Crippen LogP contribution in [0, 0.1) is 0 Å². The number of anilines is 2. The number of nitrogens with zero attached hydrogens (tertiary/aromatic N) is 4. The zero-order valence-corrected chi connectivity index (χ0v) is 12.3. The van der Waals surface area contributed by atoms with E-state index in [1.807, 2.05) is 24.3 Å². The Kier molecular flexibility index (Phi) is 4.17. The van der Waals surface area contributed by atoms with E-state index in [9.17, 15) is 0 Å². The van der Waals surface area contributed by atoms with E-state index in [1.165, 1.54) is 0 Å². The maximum absolute atomic E-state index is 9.02. The van der Waals surface area contributed by atoms with E-state index in [0.29, 0.717) is 6.54 Å². The molecule has 112 valence electrons. The van der Waals surface area contributed by atoms with Gasteiger partial charge in [0.15, 0.2) is 0 Å². The average Bonchev–Trinajstić information content (AvgIpc) is 2.53. The summed E-state index contributed by atoms with van der Waals surface area (Å²) in [5, 5.41) is 13.2. The van der Waals surface area contributed by atoms with Crippen molar-refractivity contribution in [2.24, 2.45) is 0 Å². The lowest BCUT2D eigenvalue weighted by Crippen LogP contribution is -2.45. The molecule has 1 aromatic heterocycles. The number of aliphatic hydroxyl groups is 1. The lowest BCUT2D eigenvalue weighted by atomic mass is 10.2. The molecule has 21 heavy (non-hydrogen) atoms. The van der Waals surface area contributed by atoms with Gasteiger partial charge in [0.25, 0.3) is 0 Å². The highest BCUT2D eigenvalue weighted by atomic mass is 16.3. The van der Waals surface area contributed by atoms with Crippen molar-refractivity contribution >= 4 is 22.7 Å². The van der Waals surface area contributed by atoms with Crippen molar-refractivity contribution in [2.75, 3.05) is 56.6 Å². The molecule has 0 aliphatic carbocycles. The molecule has 1 fully saturated rings. The lowest BCUT2D eigenvalue weighted by molar-refractivity contribution is 0.310. The van der Waals surface area contributed by atoms with E-state index in [4.69, 9.17) is 5.11 Å². The van der Waals surface area contributed by atoms with E-state index in [2.05, 4.69) is 32.1 Å². The van der Waals surface area contributed by atoms with Crippen LogP contribution in [0.25, 0.3) is 10.9 Å². The predicted octanol–water partition coefficient (Wildman–Crippen LogP) is 0.786. The number of nitrogens with one attached hydrogen (secondary N) is 1. The molecular weight excluding hydrogens is 266 g/mol. The summed E-state index contributed by atoms with van der Waals surface area (Å²) in [4.78, 5) is 13.9. The number of likely N-dealkylation sites (N-methyl/N-ethyl adjacent to an activating group) is 1. The molecule has 3 rings (SSSR count). The van der Waals surface area contributed by atoms with Gasteiger partial charge >= 0.3 is 0 Å². The summed E-state index contributed by atoms with van der Waals surface area (Å²) >= 11 is 0. The van der Waals surface area contributed by atoms with Crippen LogP contribution < -0.4 is 10.2 Å². The first-order valence-electron chi connectivity index (χ1n) is 7.33. The molecule has 2 aromatic rings. The largest absolute Gasteiger partial charge is 0.395 e. The SMILES string of the molecule is CN1CCN(c2nc(NCCO)c3ccccc3n2)CC1. The van der Waals surface area contributed by atoms with Crippen molar-refractivity contribution in [2.45, 2.75) is 0 Å². The molecule has 0 unspecified atom stereocenters. The second kappa shape index (κ2) is 6.24. The first-order valence-corrected chi connectivity index (χ1v) is 7.33. The predicted molar refractivity (Wildman–Crippen MR) is 84.8 cm³/mol. The second-order valence-electron chi connectivity index (χ2n) is 5.33. The minimum atomic E-state index is 0.0855. The molecule has 0 radical (unpaired) electrons. The topological polar surface area (TPSA) is 64.5 Å². The van der Waals surface area contributed by atoms with Crippen molar-refractivity contribution in [3.8, 4) is 0 Å². The summed E-state index contributed by atoms with van der Waals surface area (Å²) < 4.78 is 0. The van der Waals surface area contributed by atoms with Crippen LogP contribution in [-0.4, -0.2) is 66.4 Å². The fraction of sp³-hybridized carbons (Fsp3) is 0.467. The molecule has 1 saturated heterocycles. The maximum atomic E-state index is 9.02. The summed E-state index contributed by atoms with van der Waals surface area (Å²) in [6.07, 6.45) is 0. The van der Waals surface area contributed by atoms with Crippen LogP contribution in [0.1, 0.15) is 0 Å². The summed E-state index contributed by atoms with van der Waals surface area (Å²) in [5.41, 5.74) is 0.932. The molecule has 0 amide bonds. The van der Waals surface area contributed by atoms with Gasteiger partial charge in [-0.15, -0.1) is 0 Å². The molecule has 1 aliphatic heterocycles. The van der Waals surface area contributed by atoms with E-state index in [0.717, 1.165) is 48.8 Å². The van der Waals surface area contributed by atoms with Crippen LogP contribution in [0.3, 0.4) is 0 Å². The van der Waals surface area contributed by atoms with E-state index < -0.39 is 0 Å². The molecule has 1 aliphatic rings. The third-order valence-corrected chi connectivity index (χ3v) is 3.78. The smallest absolute Gasteiger partial charge is 0.227 e. The molecule has 6 heteroatoms. The molecular formula is C15H21N5O. The van der Waals surface area contributed by atoms with Gasteiger partial charge in [0.1, 0.15) is 5.82 Å². The number of hydrogen-bond donors (Lipinski definition) is 2. The Bertz CT molecular complexity index is 610. The number of para-hydroxylation sites is 1. The van der Waals surface area contributed by atoms with Crippen molar-refractivity contribution < 1.29 is 5.11 Å². The molecule has 6 nitrogen and oxygen atoms in total. The molecule has 0 atom stereocenters. The lowest BCUT2D eigenvalue weighted by Gasteiger charge is -2.32. The highest BCUT2D eigenvalue weighted by molar-refractivity contribution is 5.90. The number of aromatic nitrogens is 2. The van der Waals surface area contributed by atoms with E-state index >= 15 is 0 Å². The van der Waals surface area contributed by atoms with Gasteiger partial charge in [-0.05, 0) is 19.2 Å². The minimum Gasteiger partial charge on any atom is -0.395 e. The normalized spacial score (nSPS) is 16.4. The second-order valence-corrected chi connectivity index (χ2v) is 5.33. The van der Waals surface area contributed by atoms with Crippen molar-refractivity contribution in [1.29, 1.82) is 0 Å². The molecule has 0 spiro atoms. The van der Waals surface area contributed by atoms with Gasteiger partial charge in [0.2, 0.25) is 5.95 Å². The first-order chi connectivity index (χ1) is 10.3. The Morgan fingerprint density at radius 1 is 1.14 bits per heavy atom. The van der Waals surface area contributed by atoms with Gasteiger partial charge in [-0.1, -0.05) is 12.1 Å². The molecule has 0 saturated carbocycles. The molecule has 2 heterocycles. The summed E-state index contributed by atoms with van der Waals surface area (Å²) in [7, 11) is 2.13. The van der Waals surface area contributed by atoms with Gasteiger partial charge in [0, 0.05) is 38.1 Å². The highest BCUT2D eigenvalue weighted by Crippen LogP contribution is 2.23. The number of hydrogen-bond acceptors (Lipinski definition) is 6. The number of benzene rings is 1. The fourth-order valence-electron chi connectivity index (χ4n) is 2.52. The fourth-order valence-corrected chi connectivity index (χ4v) is 2.52. The highest BCUT2D eigenvalue weighted by Gasteiger charge is 2.18. The third kappa shape index (κ3) is 3.06. The van der Waals surface area contributed by atoms with Gasteiger partial charge in [-0.2, -0.15) is 4.98 Å². The van der Waals surface area contributed by atoms with Gasteiger partial charge < -0.3 is 20.2 Å².